The molecule has 23 heavy (non-hydrogen) atoms. The Bertz CT molecular complexity index is 684. The number of carbonyl (C=O) groups is 1. The summed E-state index contributed by atoms with van der Waals surface area (Å²) in [7, 11) is 0. The molecule has 0 bridgehead atoms. The van der Waals surface area contributed by atoms with Crippen LogP contribution < -0.4 is 0 Å². The van der Waals surface area contributed by atoms with Crippen LogP contribution in [-0.2, 0) is 4.74 Å². The zero-order chi connectivity index (χ0) is 16.4. The normalized spacial score (nSPS) is 18.4. The molecule has 1 atom stereocenters. The Kier molecular flexibility index (Phi) is 4.38. The van der Waals surface area contributed by atoms with Gasteiger partial charge in [0.2, 0.25) is 5.89 Å². The molecule has 1 unspecified atom stereocenters. The molecular weight excluding hydrogens is 301 g/mol. The van der Waals surface area contributed by atoms with Crippen LogP contribution in [0.25, 0.3) is 0 Å². The molecule has 0 aliphatic carbocycles. The molecule has 122 valence electrons. The van der Waals surface area contributed by atoms with Crippen LogP contribution in [0.5, 0.6) is 0 Å². The van der Waals surface area contributed by atoms with Crippen LogP contribution in [0.3, 0.4) is 0 Å². The van der Waals surface area contributed by atoms with Gasteiger partial charge in [-0.2, -0.15) is 4.98 Å². The second kappa shape index (κ2) is 6.45. The largest absolute Gasteiger partial charge is 0.377 e. The molecule has 7 heteroatoms. The van der Waals surface area contributed by atoms with Gasteiger partial charge in [0, 0.05) is 18.0 Å². The summed E-state index contributed by atoms with van der Waals surface area (Å²) in [4.78, 5) is 18.7. The first kappa shape index (κ1) is 15.6. The van der Waals surface area contributed by atoms with Crippen molar-refractivity contribution in [2.45, 2.75) is 25.8 Å². The van der Waals surface area contributed by atoms with E-state index in [1.54, 1.807) is 4.90 Å². The first-order valence-electron chi connectivity index (χ1n) is 7.54. The van der Waals surface area contributed by atoms with E-state index in [-0.39, 0.29) is 17.6 Å². The standard InChI is InChI=1S/C16H18FN3O3/c1-10(2)15-18-14(19-23-15)13-9-22-8-7-20(13)16(21)11-3-5-12(17)6-4-11/h3-6,10,13H,7-9H2,1-2H3. The van der Waals surface area contributed by atoms with Crippen LogP contribution in [0.2, 0.25) is 0 Å². The number of carbonyl (C=O) groups excluding carboxylic acids is 1. The van der Waals surface area contributed by atoms with Gasteiger partial charge < -0.3 is 14.2 Å². The van der Waals surface area contributed by atoms with Gasteiger partial charge in [0.1, 0.15) is 11.9 Å². The Morgan fingerprint density at radius 2 is 2.09 bits per heavy atom. The highest BCUT2D eigenvalue weighted by atomic mass is 19.1. The van der Waals surface area contributed by atoms with Crippen molar-refractivity contribution in [1.82, 2.24) is 15.0 Å². The maximum absolute atomic E-state index is 13.0. The molecule has 1 saturated heterocycles. The molecule has 0 spiro atoms. The van der Waals surface area contributed by atoms with Crippen molar-refractivity contribution >= 4 is 5.91 Å². The number of nitrogens with zero attached hydrogens (tertiary/aromatic N) is 3. The third-order valence-corrected chi connectivity index (χ3v) is 3.73. The molecular formula is C16H18FN3O3. The lowest BCUT2D eigenvalue weighted by Crippen LogP contribution is -2.43. The zero-order valence-electron chi connectivity index (χ0n) is 13.0. The highest BCUT2D eigenvalue weighted by molar-refractivity contribution is 5.94. The molecule has 0 N–H and O–H groups in total. The van der Waals surface area contributed by atoms with Gasteiger partial charge in [0.25, 0.3) is 5.91 Å². The average Bonchev–Trinajstić information content (AvgIpc) is 3.05. The predicted molar refractivity (Wildman–Crippen MR) is 79.4 cm³/mol. The second-order valence-corrected chi connectivity index (χ2v) is 5.74. The highest BCUT2D eigenvalue weighted by Crippen LogP contribution is 2.25. The lowest BCUT2D eigenvalue weighted by Gasteiger charge is -2.33. The van der Waals surface area contributed by atoms with Gasteiger partial charge in [-0.25, -0.2) is 4.39 Å². The fraction of sp³-hybridized carbons (Fsp3) is 0.438. The summed E-state index contributed by atoms with van der Waals surface area (Å²) in [5.74, 6) is 0.500. The first-order valence-corrected chi connectivity index (χ1v) is 7.54. The molecule has 1 aromatic heterocycles. The zero-order valence-corrected chi connectivity index (χ0v) is 13.0. The molecule has 1 aliphatic rings. The van der Waals surface area contributed by atoms with E-state index in [1.165, 1.54) is 24.3 Å². The smallest absolute Gasteiger partial charge is 0.254 e. The van der Waals surface area contributed by atoms with Crippen molar-refractivity contribution in [2.24, 2.45) is 0 Å². The fourth-order valence-corrected chi connectivity index (χ4v) is 2.44. The summed E-state index contributed by atoms with van der Waals surface area (Å²) >= 11 is 0. The molecule has 6 nitrogen and oxygen atoms in total. The maximum Gasteiger partial charge on any atom is 0.254 e. The van der Waals surface area contributed by atoms with Crippen molar-refractivity contribution < 1.29 is 18.4 Å². The summed E-state index contributed by atoms with van der Waals surface area (Å²) in [5.41, 5.74) is 0.422. The number of amides is 1. The number of hydrogen-bond donors (Lipinski definition) is 0. The van der Waals surface area contributed by atoms with Crippen LogP contribution in [0.4, 0.5) is 4.39 Å². The number of hydrogen-bond acceptors (Lipinski definition) is 5. The van der Waals surface area contributed by atoms with Crippen LogP contribution in [0.15, 0.2) is 28.8 Å². The minimum absolute atomic E-state index is 0.113. The van der Waals surface area contributed by atoms with E-state index in [0.717, 1.165) is 0 Å². The van der Waals surface area contributed by atoms with Crippen molar-refractivity contribution in [1.29, 1.82) is 0 Å². The molecule has 0 radical (unpaired) electrons. The summed E-state index contributed by atoms with van der Waals surface area (Å²) in [6, 6.07) is 5.08. The minimum atomic E-state index is -0.405. The third-order valence-electron chi connectivity index (χ3n) is 3.73. The summed E-state index contributed by atoms with van der Waals surface area (Å²) in [6.45, 7) is 5.08. The third kappa shape index (κ3) is 3.24. The Hall–Kier alpha value is -2.28. The second-order valence-electron chi connectivity index (χ2n) is 5.74. The highest BCUT2D eigenvalue weighted by Gasteiger charge is 2.33. The van der Waals surface area contributed by atoms with Crippen LogP contribution in [0.1, 0.15) is 47.9 Å². The molecule has 1 aliphatic heterocycles. The van der Waals surface area contributed by atoms with Crippen LogP contribution in [-0.4, -0.2) is 40.7 Å². The number of halogens is 1. The number of ether oxygens (including phenoxy) is 1. The van der Waals surface area contributed by atoms with Crippen LogP contribution >= 0.6 is 0 Å². The van der Waals surface area contributed by atoms with Crippen molar-refractivity contribution in [3.63, 3.8) is 0 Å². The van der Waals surface area contributed by atoms with Crippen molar-refractivity contribution in [3.05, 3.63) is 47.4 Å². The average molecular weight is 319 g/mol. The van der Waals surface area contributed by atoms with Gasteiger partial charge >= 0.3 is 0 Å². The topological polar surface area (TPSA) is 68.5 Å². The Morgan fingerprint density at radius 3 is 2.74 bits per heavy atom. The summed E-state index contributed by atoms with van der Waals surface area (Å²) < 4.78 is 23.7. The summed E-state index contributed by atoms with van der Waals surface area (Å²) in [5, 5.41) is 3.98. The predicted octanol–water partition coefficient (Wildman–Crippen LogP) is 2.55. The van der Waals surface area contributed by atoms with E-state index in [9.17, 15) is 9.18 Å². The summed E-state index contributed by atoms with van der Waals surface area (Å²) in [6.07, 6.45) is 0. The number of aromatic nitrogens is 2. The lowest BCUT2D eigenvalue weighted by atomic mass is 10.1. The minimum Gasteiger partial charge on any atom is -0.377 e. The molecule has 1 aromatic carbocycles. The molecule has 1 fully saturated rings. The quantitative estimate of drug-likeness (QED) is 0.869. The Morgan fingerprint density at radius 1 is 1.35 bits per heavy atom. The fourth-order valence-electron chi connectivity index (χ4n) is 2.44. The van der Waals surface area contributed by atoms with Crippen LogP contribution in [0, 0.1) is 5.82 Å². The van der Waals surface area contributed by atoms with Crippen molar-refractivity contribution in [2.75, 3.05) is 19.8 Å². The Labute approximate surface area is 133 Å². The molecule has 3 rings (SSSR count). The number of morpholine rings is 1. The van der Waals surface area contributed by atoms with E-state index >= 15 is 0 Å². The molecule has 2 heterocycles. The van der Waals surface area contributed by atoms with Gasteiger partial charge in [-0.05, 0) is 24.3 Å². The van der Waals surface area contributed by atoms with Gasteiger partial charge in [0.05, 0.1) is 13.2 Å². The van der Waals surface area contributed by atoms with Gasteiger partial charge in [-0.3, -0.25) is 4.79 Å². The Balaban J connectivity index is 1.85. The number of benzene rings is 1. The van der Waals surface area contributed by atoms with E-state index < -0.39 is 6.04 Å². The maximum atomic E-state index is 13.0. The van der Waals surface area contributed by atoms with Gasteiger partial charge in [-0.15, -0.1) is 0 Å². The molecule has 2 aromatic rings. The monoisotopic (exact) mass is 319 g/mol. The van der Waals surface area contributed by atoms with E-state index in [0.29, 0.717) is 37.0 Å². The molecule has 1 amide bonds. The van der Waals surface area contributed by atoms with Crippen molar-refractivity contribution in [3.8, 4) is 0 Å². The van der Waals surface area contributed by atoms with E-state index in [2.05, 4.69) is 10.1 Å². The first-order chi connectivity index (χ1) is 11.1. The van der Waals surface area contributed by atoms with E-state index in [1.807, 2.05) is 13.8 Å². The molecule has 0 saturated carbocycles. The van der Waals surface area contributed by atoms with Gasteiger partial charge in [-0.1, -0.05) is 19.0 Å². The SMILES string of the molecule is CC(C)c1nc(C2COCCN2C(=O)c2ccc(F)cc2)no1. The number of rotatable bonds is 3. The van der Waals surface area contributed by atoms with E-state index in [4.69, 9.17) is 9.26 Å². The van der Waals surface area contributed by atoms with Gasteiger partial charge in [0.15, 0.2) is 5.82 Å². The lowest BCUT2D eigenvalue weighted by molar-refractivity contribution is -0.00577.